The summed E-state index contributed by atoms with van der Waals surface area (Å²) in [5.74, 6) is 0.810. The number of rotatable bonds is 6. The highest BCUT2D eigenvalue weighted by Crippen LogP contribution is 2.21. The lowest BCUT2D eigenvalue weighted by Gasteiger charge is -2.33. The standard InChI is InChI=1S/C24H30N2O3/c1-18-9-10-21(19(2)15-18)16-25(3)24(28)20-11-13-26(14-12-20)23(27)17-29-22-7-5-4-6-8-22/h4-10,15,20H,11-14,16-17H2,1-3H3. The first-order chi connectivity index (χ1) is 13.9. The first-order valence-electron chi connectivity index (χ1n) is 10.2. The maximum Gasteiger partial charge on any atom is 0.260 e. The van der Waals surface area contributed by atoms with Crippen molar-refractivity contribution >= 4 is 11.8 Å². The van der Waals surface area contributed by atoms with Crippen LogP contribution in [-0.4, -0.2) is 48.4 Å². The Morgan fingerprint density at radius 3 is 2.41 bits per heavy atom. The van der Waals surface area contributed by atoms with Crippen molar-refractivity contribution < 1.29 is 14.3 Å². The molecule has 0 aliphatic carbocycles. The quantitative estimate of drug-likeness (QED) is 0.752. The summed E-state index contributed by atoms with van der Waals surface area (Å²) in [5.41, 5.74) is 3.62. The van der Waals surface area contributed by atoms with E-state index < -0.39 is 0 Å². The Morgan fingerprint density at radius 2 is 1.76 bits per heavy atom. The number of carbonyl (C=O) groups excluding carboxylic acids is 2. The van der Waals surface area contributed by atoms with E-state index in [1.807, 2.05) is 42.3 Å². The van der Waals surface area contributed by atoms with Crippen LogP contribution in [0, 0.1) is 19.8 Å². The van der Waals surface area contributed by atoms with Crippen molar-refractivity contribution in [3.8, 4) is 5.75 Å². The minimum absolute atomic E-state index is 0.0233. The SMILES string of the molecule is Cc1ccc(CN(C)C(=O)C2CCN(C(=O)COc3ccccc3)CC2)c(C)c1. The number of ether oxygens (including phenoxy) is 1. The monoisotopic (exact) mass is 394 g/mol. The molecule has 0 atom stereocenters. The van der Waals surface area contributed by atoms with Gasteiger partial charge in [-0.15, -0.1) is 0 Å². The maximum atomic E-state index is 12.9. The summed E-state index contributed by atoms with van der Waals surface area (Å²) in [6.07, 6.45) is 1.40. The number of amides is 2. The normalized spacial score (nSPS) is 14.5. The number of carbonyl (C=O) groups is 2. The van der Waals surface area contributed by atoms with Crippen LogP contribution in [0.2, 0.25) is 0 Å². The predicted molar refractivity (Wildman–Crippen MR) is 114 cm³/mol. The highest BCUT2D eigenvalue weighted by atomic mass is 16.5. The predicted octanol–water partition coefficient (Wildman–Crippen LogP) is 3.58. The average molecular weight is 395 g/mol. The molecule has 2 aromatic rings. The second-order valence-electron chi connectivity index (χ2n) is 7.88. The molecule has 1 heterocycles. The molecule has 3 rings (SSSR count). The third kappa shape index (κ3) is 5.59. The Hall–Kier alpha value is -2.82. The smallest absolute Gasteiger partial charge is 0.260 e. The van der Waals surface area contributed by atoms with E-state index in [1.165, 1.54) is 16.7 Å². The molecule has 0 bridgehead atoms. The molecule has 2 amide bonds. The van der Waals surface area contributed by atoms with Crippen LogP contribution in [0.4, 0.5) is 0 Å². The van der Waals surface area contributed by atoms with E-state index in [0.29, 0.717) is 38.2 Å². The van der Waals surface area contributed by atoms with Gasteiger partial charge in [0.2, 0.25) is 5.91 Å². The number of likely N-dealkylation sites (tertiary alicyclic amines) is 1. The van der Waals surface area contributed by atoms with Gasteiger partial charge >= 0.3 is 0 Å². The van der Waals surface area contributed by atoms with Gasteiger partial charge in [-0.2, -0.15) is 0 Å². The molecule has 1 saturated heterocycles. The van der Waals surface area contributed by atoms with Gasteiger partial charge in [-0.05, 0) is 49.9 Å². The Bertz CT molecular complexity index is 842. The zero-order chi connectivity index (χ0) is 20.8. The third-order valence-electron chi connectivity index (χ3n) is 5.58. The molecule has 5 nitrogen and oxygen atoms in total. The molecular formula is C24H30N2O3. The molecule has 0 unspecified atom stereocenters. The van der Waals surface area contributed by atoms with Crippen LogP contribution >= 0.6 is 0 Å². The molecule has 1 fully saturated rings. The third-order valence-corrected chi connectivity index (χ3v) is 5.58. The van der Waals surface area contributed by atoms with Crippen molar-refractivity contribution in [3.05, 3.63) is 65.2 Å². The fourth-order valence-electron chi connectivity index (χ4n) is 3.80. The Morgan fingerprint density at radius 1 is 1.07 bits per heavy atom. The van der Waals surface area contributed by atoms with Crippen LogP contribution in [0.5, 0.6) is 5.75 Å². The van der Waals surface area contributed by atoms with E-state index >= 15 is 0 Å². The lowest BCUT2D eigenvalue weighted by atomic mass is 9.95. The fraction of sp³-hybridized carbons (Fsp3) is 0.417. The van der Waals surface area contributed by atoms with Gasteiger partial charge in [-0.3, -0.25) is 9.59 Å². The number of nitrogens with zero attached hydrogens (tertiary/aromatic N) is 2. The minimum Gasteiger partial charge on any atom is -0.484 e. The second kappa shape index (κ2) is 9.59. The lowest BCUT2D eigenvalue weighted by Crippen LogP contribution is -2.44. The van der Waals surface area contributed by atoms with E-state index in [9.17, 15) is 9.59 Å². The highest BCUT2D eigenvalue weighted by molar-refractivity contribution is 5.80. The number of hydrogen-bond acceptors (Lipinski definition) is 3. The maximum absolute atomic E-state index is 12.9. The van der Waals surface area contributed by atoms with E-state index in [0.717, 1.165) is 0 Å². The minimum atomic E-state index is -0.0246. The molecule has 154 valence electrons. The molecule has 0 spiro atoms. The lowest BCUT2D eigenvalue weighted by molar-refractivity contribution is -0.141. The van der Waals surface area contributed by atoms with Crippen LogP contribution < -0.4 is 4.74 Å². The topological polar surface area (TPSA) is 49.9 Å². The first-order valence-corrected chi connectivity index (χ1v) is 10.2. The zero-order valence-corrected chi connectivity index (χ0v) is 17.6. The van der Waals surface area contributed by atoms with Crippen LogP contribution in [0.25, 0.3) is 0 Å². The van der Waals surface area contributed by atoms with Crippen LogP contribution in [-0.2, 0) is 16.1 Å². The number of hydrogen-bond donors (Lipinski definition) is 0. The summed E-state index contributed by atoms with van der Waals surface area (Å²) < 4.78 is 5.55. The van der Waals surface area contributed by atoms with Gasteiger partial charge < -0.3 is 14.5 Å². The van der Waals surface area contributed by atoms with Gasteiger partial charge in [0, 0.05) is 32.6 Å². The molecule has 0 saturated carbocycles. The largest absolute Gasteiger partial charge is 0.484 e. The molecular weight excluding hydrogens is 364 g/mol. The summed E-state index contributed by atoms with van der Waals surface area (Å²) in [6.45, 7) is 6.02. The van der Waals surface area contributed by atoms with Gasteiger partial charge in [0.05, 0.1) is 0 Å². The second-order valence-corrected chi connectivity index (χ2v) is 7.88. The molecule has 1 aliphatic heterocycles. The molecule has 2 aromatic carbocycles. The average Bonchev–Trinajstić information content (AvgIpc) is 2.74. The number of aryl methyl sites for hydroxylation is 2. The van der Waals surface area contributed by atoms with Gasteiger partial charge in [0.1, 0.15) is 5.75 Å². The van der Waals surface area contributed by atoms with Gasteiger partial charge in [0.15, 0.2) is 6.61 Å². The van der Waals surface area contributed by atoms with Crippen LogP contribution in [0.15, 0.2) is 48.5 Å². The number of benzene rings is 2. The summed E-state index contributed by atoms with van der Waals surface area (Å²) in [6, 6.07) is 15.7. The highest BCUT2D eigenvalue weighted by Gasteiger charge is 2.29. The molecule has 0 radical (unpaired) electrons. The Labute approximate surface area is 173 Å². The van der Waals surface area contributed by atoms with E-state index in [1.54, 1.807) is 4.90 Å². The van der Waals surface area contributed by atoms with Crippen molar-refractivity contribution in [2.75, 3.05) is 26.7 Å². The van der Waals surface area contributed by atoms with Crippen molar-refractivity contribution in [3.63, 3.8) is 0 Å². The fourth-order valence-corrected chi connectivity index (χ4v) is 3.80. The molecule has 5 heteroatoms. The summed E-state index contributed by atoms with van der Waals surface area (Å²) in [5, 5.41) is 0. The molecule has 1 aliphatic rings. The van der Waals surface area contributed by atoms with Gasteiger partial charge in [-0.25, -0.2) is 0 Å². The zero-order valence-electron chi connectivity index (χ0n) is 17.6. The van der Waals surface area contributed by atoms with Crippen molar-refractivity contribution in [1.82, 2.24) is 9.80 Å². The van der Waals surface area contributed by atoms with Crippen LogP contribution in [0.1, 0.15) is 29.5 Å². The van der Waals surface area contributed by atoms with Crippen molar-refractivity contribution in [2.24, 2.45) is 5.92 Å². The molecule has 0 aromatic heterocycles. The van der Waals surface area contributed by atoms with Crippen molar-refractivity contribution in [1.29, 1.82) is 0 Å². The molecule has 0 N–H and O–H groups in total. The summed E-state index contributed by atoms with van der Waals surface area (Å²) >= 11 is 0. The summed E-state index contributed by atoms with van der Waals surface area (Å²) in [4.78, 5) is 28.9. The Kier molecular flexibility index (Phi) is 6.91. The Balaban J connectivity index is 1.46. The van der Waals surface area contributed by atoms with Crippen molar-refractivity contribution in [2.45, 2.75) is 33.2 Å². The summed E-state index contributed by atoms with van der Waals surface area (Å²) in [7, 11) is 1.87. The number of para-hydroxylation sites is 1. The first kappa shape index (κ1) is 20.9. The van der Waals surface area contributed by atoms with Gasteiger partial charge in [0.25, 0.3) is 5.91 Å². The van der Waals surface area contributed by atoms with Crippen LogP contribution in [0.3, 0.4) is 0 Å². The molecule has 29 heavy (non-hydrogen) atoms. The number of piperidine rings is 1. The van der Waals surface area contributed by atoms with Gasteiger partial charge in [-0.1, -0.05) is 42.0 Å². The van der Waals surface area contributed by atoms with E-state index in [-0.39, 0.29) is 24.3 Å². The van der Waals surface area contributed by atoms with E-state index in [2.05, 4.69) is 32.0 Å². The van der Waals surface area contributed by atoms with E-state index in [4.69, 9.17) is 4.74 Å².